The molecule has 112 valence electrons. The molecule has 1 unspecified atom stereocenters. The second kappa shape index (κ2) is 7.92. The van der Waals surface area contributed by atoms with Gasteiger partial charge in [0.15, 0.2) is 0 Å². The molecule has 1 N–H and O–H groups in total. The first-order chi connectivity index (χ1) is 10.1. The highest BCUT2D eigenvalue weighted by atomic mass is 79.9. The lowest BCUT2D eigenvalue weighted by Crippen LogP contribution is -2.19. The quantitative estimate of drug-likeness (QED) is 0.758. The molecule has 1 aromatic carbocycles. The van der Waals surface area contributed by atoms with Crippen LogP contribution < -0.4 is 5.32 Å². The van der Waals surface area contributed by atoms with E-state index in [0.717, 1.165) is 28.0 Å². The molecule has 0 saturated heterocycles. The summed E-state index contributed by atoms with van der Waals surface area (Å²) < 4.78 is 15.1. The van der Waals surface area contributed by atoms with E-state index in [2.05, 4.69) is 33.2 Å². The van der Waals surface area contributed by atoms with Gasteiger partial charge < -0.3 is 5.32 Å². The molecule has 0 amide bonds. The first-order valence-electron chi connectivity index (χ1n) is 6.92. The molecule has 21 heavy (non-hydrogen) atoms. The van der Waals surface area contributed by atoms with Crippen molar-refractivity contribution >= 4 is 27.7 Å². The van der Waals surface area contributed by atoms with Gasteiger partial charge in [-0.2, -0.15) is 0 Å². The molecule has 0 spiro atoms. The summed E-state index contributed by atoms with van der Waals surface area (Å²) in [5.74, 6) is -0.202. The lowest BCUT2D eigenvalue weighted by Gasteiger charge is -2.14. The maximum atomic E-state index is 14.2. The van der Waals surface area contributed by atoms with Crippen molar-refractivity contribution in [3.63, 3.8) is 0 Å². The predicted octanol–water partition coefficient (Wildman–Crippen LogP) is 5.20. The van der Waals surface area contributed by atoms with Crippen LogP contribution in [0.4, 0.5) is 4.39 Å². The maximum Gasteiger partial charge on any atom is 0.137 e. The molecule has 1 aromatic heterocycles. The zero-order chi connectivity index (χ0) is 15.2. The van der Waals surface area contributed by atoms with Crippen LogP contribution in [0, 0.1) is 5.82 Å². The average molecular weight is 369 g/mol. The van der Waals surface area contributed by atoms with Crippen LogP contribution in [0.2, 0.25) is 0 Å². The molecule has 0 aliphatic rings. The SMILES string of the molecule is CCCNC(C)c1ccc(Sc2ccc(Br)cn2)c(F)c1. The van der Waals surface area contributed by atoms with E-state index in [-0.39, 0.29) is 11.9 Å². The van der Waals surface area contributed by atoms with Gasteiger partial charge in [-0.25, -0.2) is 9.37 Å². The Balaban J connectivity index is 2.10. The van der Waals surface area contributed by atoms with E-state index >= 15 is 0 Å². The van der Waals surface area contributed by atoms with Crippen molar-refractivity contribution in [3.8, 4) is 0 Å². The van der Waals surface area contributed by atoms with Crippen molar-refractivity contribution in [2.75, 3.05) is 6.54 Å². The topological polar surface area (TPSA) is 24.9 Å². The normalized spacial score (nSPS) is 12.4. The highest BCUT2D eigenvalue weighted by molar-refractivity contribution is 9.10. The molecular weight excluding hydrogens is 351 g/mol. The van der Waals surface area contributed by atoms with E-state index in [1.807, 2.05) is 31.2 Å². The second-order valence-electron chi connectivity index (χ2n) is 4.78. The fourth-order valence-electron chi connectivity index (χ4n) is 1.88. The fourth-order valence-corrected chi connectivity index (χ4v) is 2.88. The van der Waals surface area contributed by atoms with Gasteiger partial charge in [0.1, 0.15) is 10.8 Å². The van der Waals surface area contributed by atoms with Gasteiger partial charge in [0.05, 0.1) is 0 Å². The minimum absolute atomic E-state index is 0.157. The van der Waals surface area contributed by atoms with Gasteiger partial charge in [0, 0.05) is 21.6 Å². The Morgan fingerprint density at radius 2 is 2.14 bits per heavy atom. The van der Waals surface area contributed by atoms with Gasteiger partial charge in [-0.05, 0) is 65.6 Å². The van der Waals surface area contributed by atoms with Crippen molar-refractivity contribution < 1.29 is 4.39 Å². The van der Waals surface area contributed by atoms with Crippen molar-refractivity contribution in [1.82, 2.24) is 10.3 Å². The molecule has 2 rings (SSSR count). The zero-order valence-electron chi connectivity index (χ0n) is 12.1. The minimum atomic E-state index is -0.202. The van der Waals surface area contributed by atoms with Crippen molar-refractivity contribution in [3.05, 3.63) is 52.4 Å². The van der Waals surface area contributed by atoms with Crippen LogP contribution in [0.15, 0.2) is 50.9 Å². The smallest absolute Gasteiger partial charge is 0.137 e. The van der Waals surface area contributed by atoms with Crippen molar-refractivity contribution in [1.29, 1.82) is 0 Å². The molecule has 0 saturated carbocycles. The Kier molecular flexibility index (Phi) is 6.21. The summed E-state index contributed by atoms with van der Waals surface area (Å²) in [7, 11) is 0. The molecule has 0 aliphatic heterocycles. The molecule has 1 atom stereocenters. The van der Waals surface area contributed by atoms with E-state index in [9.17, 15) is 4.39 Å². The van der Waals surface area contributed by atoms with Crippen LogP contribution in [-0.4, -0.2) is 11.5 Å². The summed E-state index contributed by atoms with van der Waals surface area (Å²) in [6.07, 6.45) is 2.78. The minimum Gasteiger partial charge on any atom is -0.310 e. The van der Waals surface area contributed by atoms with Crippen molar-refractivity contribution in [2.45, 2.75) is 36.2 Å². The summed E-state index contributed by atoms with van der Waals surface area (Å²) in [4.78, 5) is 4.84. The van der Waals surface area contributed by atoms with Crippen LogP contribution in [0.3, 0.4) is 0 Å². The third-order valence-electron chi connectivity index (χ3n) is 3.07. The number of aromatic nitrogens is 1. The summed E-state index contributed by atoms with van der Waals surface area (Å²) in [5.41, 5.74) is 0.967. The highest BCUT2D eigenvalue weighted by Crippen LogP contribution is 2.30. The lowest BCUT2D eigenvalue weighted by molar-refractivity contribution is 0.556. The fraction of sp³-hybridized carbons (Fsp3) is 0.312. The van der Waals surface area contributed by atoms with Gasteiger partial charge in [-0.3, -0.25) is 0 Å². The number of hydrogen-bond acceptors (Lipinski definition) is 3. The summed E-state index contributed by atoms with van der Waals surface area (Å²) in [6.45, 7) is 5.10. The standard InChI is InChI=1S/C16H18BrFN2S/c1-3-8-19-11(2)12-4-6-15(14(18)9-12)21-16-7-5-13(17)10-20-16/h4-7,9-11,19H,3,8H2,1-2H3. The number of hydrogen-bond donors (Lipinski definition) is 1. The van der Waals surface area contributed by atoms with Gasteiger partial charge in [-0.15, -0.1) is 0 Å². The summed E-state index contributed by atoms with van der Waals surface area (Å²) in [6, 6.07) is 9.32. The second-order valence-corrected chi connectivity index (χ2v) is 6.76. The first-order valence-corrected chi connectivity index (χ1v) is 8.53. The average Bonchev–Trinajstić information content (AvgIpc) is 2.49. The van der Waals surface area contributed by atoms with Crippen LogP contribution in [0.5, 0.6) is 0 Å². The molecule has 2 aromatic rings. The maximum absolute atomic E-state index is 14.2. The number of nitrogens with zero attached hydrogens (tertiary/aromatic N) is 1. The van der Waals surface area contributed by atoms with Gasteiger partial charge in [0.25, 0.3) is 0 Å². The molecule has 1 heterocycles. The van der Waals surface area contributed by atoms with Crippen LogP contribution in [0.1, 0.15) is 31.9 Å². The molecular formula is C16H18BrFN2S. The van der Waals surface area contributed by atoms with E-state index in [1.54, 1.807) is 12.3 Å². The third-order valence-corrected chi connectivity index (χ3v) is 4.54. The number of rotatable bonds is 6. The van der Waals surface area contributed by atoms with Crippen molar-refractivity contribution in [2.24, 2.45) is 0 Å². The number of halogens is 2. The monoisotopic (exact) mass is 368 g/mol. The van der Waals surface area contributed by atoms with E-state index in [1.165, 1.54) is 11.8 Å². The predicted molar refractivity (Wildman–Crippen MR) is 89.2 cm³/mol. The van der Waals surface area contributed by atoms with Crippen LogP contribution >= 0.6 is 27.7 Å². The Morgan fingerprint density at radius 1 is 1.33 bits per heavy atom. The highest BCUT2D eigenvalue weighted by Gasteiger charge is 2.10. The molecule has 0 aliphatic carbocycles. The molecule has 0 radical (unpaired) electrons. The first kappa shape index (κ1) is 16.5. The lowest BCUT2D eigenvalue weighted by atomic mass is 10.1. The number of pyridine rings is 1. The van der Waals surface area contributed by atoms with E-state index in [0.29, 0.717) is 4.90 Å². The summed E-state index contributed by atoms with van der Waals surface area (Å²) >= 11 is 4.67. The third kappa shape index (κ3) is 4.80. The van der Waals surface area contributed by atoms with E-state index in [4.69, 9.17) is 0 Å². The van der Waals surface area contributed by atoms with Gasteiger partial charge >= 0.3 is 0 Å². The number of nitrogens with one attached hydrogen (secondary N) is 1. The van der Waals surface area contributed by atoms with Crippen LogP contribution in [0.25, 0.3) is 0 Å². The zero-order valence-corrected chi connectivity index (χ0v) is 14.5. The van der Waals surface area contributed by atoms with Gasteiger partial charge in [0.2, 0.25) is 0 Å². The Morgan fingerprint density at radius 3 is 2.76 bits per heavy atom. The Labute approximate surface area is 137 Å². The molecule has 0 bridgehead atoms. The Hall–Kier alpha value is -0.910. The van der Waals surface area contributed by atoms with Crippen LogP contribution in [-0.2, 0) is 0 Å². The largest absolute Gasteiger partial charge is 0.310 e. The number of benzene rings is 1. The van der Waals surface area contributed by atoms with E-state index < -0.39 is 0 Å². The molecule has 5 heteroatoms. The Bertz CT molecular complexity index is 589. The summed E-state index contributed by atoms with van der Waals surface area (Å²) in [5, 5.41) is 4.14. The molecule has 2 nitrogen and oxygen atoms in total. The van der Waals surface area contributed by atoms with Gasteiger partial charge in [-0.1, -0.05) is 24.8 Å². The molecule has 0 fully saturated rings.